The van der Waals surface area contributed by atoms with Crippen LogP contribution in [0.1, 0.15) is 15.9 Å². The van der Waals surface area contributed by atoms with E-state index in [2.05, 4.69) is 5.32 Å². The maximum Gasteiger partial charge on any atom is 0.325 e. The molecule has 0 aliphatic carbocycles. The maximum absolute atomic E-state index is 13.8. The van der Waals surface area contributed by atoms with Gasteiger partial charge in [0.2, 0.25) is 6.79 Å². The second-order valence-electron chi connectivity index (χ2n) is 6.36. The molecule has 2 aromatic carbocycles. The molecular weight excluding hydrogens is 419 g/mol. The number of carbonyl (C=O) groups excluding carboxylic acids is 3. The number of rotatable bonds is 7. The highest BCUT2D eigenvalue weighted by atomic mass is 35.5. The zero-order chi connectivity index (χ0) is 21.7. The number of fused-ring (bicyclic) bond motifs is 1. The fourth-order valence-corrected chi connectivity index (χ4v) is 2.83. The van der Waals surface area contributed by atoms with Crippen LogP contribution < -0.4 is 14.8 Å². The quantitative estimate of drug-likeness (QED) is 0.668. The number of nitrogens with zero attached hydrogens (tertiary/aromatic N) is 1. The molecule has 0 fully saturated rings. The van der Waals surface area contributed by atoms with E-state index >= 15 is 0 Å². The molecule has 0 radical (unpaired) electrons. The van der Waals surface area contributed by atoms with E-state index in [1.807, 2.05) is 0 Å². The molecule has 2 aromatic rings. The fourth-order valence-electron chi connectivity index (χ4n) is 2.60. The molecule has 0 unspecified atom stereocenters. The minimum absolute atomic E-state index is 0.0806. The third-order valence-corrected chi connectivity index (χ3v) is 4.62. The standard InChI is InChI=1S/C20H18ClFN2O6/c1-24(9-13-14(21)3-2-4-15(13)22)18(25)10-28-19(26)8-23-20(27)12-5-6-16-17(7-12)30-11-29-16/h2-7H,8-11H2,1H3,(H,23,27). The minimum atomic E-state index is -0.797. The molecule has 3 rings (SSSR count). The lowest BCUT2D eigenvalue weighted by Gasteiger charge is -2.18. The molecule has 0 spiro atoms. The number of amides is 2. The Hall–Kier alpha value is -3.33. The van der Waals surface area contributed by atoms with Gasteiger partial charge in [-0.25, -0.2) is 4.39 Å². The Morgan fingerprint density at radius 3 is 2.73 bits per heavy atom. The summed E-state index contributed by atoms with van der Waals surface area (Å²) in [6, 6.07) is 8.83. The molecular formula is C20H18ClFN2O6. The van der Waals surface area contributed by atoms with Gasteiger partial charge in [-0.3, -0.25) is 14.4 Å². The van der Waals surface area contributed by atoms with E-state index in [-0.39, 0.29) is 29.5 Å². The lowest BCUT2D eigenvalue weighted by atomic mass is 10.2. The maximum atomic E-state index is 13.8. The second-order valence-corrected chi connectivity index (χ2v) is 6.77. The summed E-state index contributed by atoms with van der Waals surface area (Å²) in [6.45, 7) is -0.980. The molecule has 158 valence electrons. The van der Waals surface area contributed by atoms with E-state index in [4.69, 9.17) is 25.8 Å². The number of hydrogen-bond donors (Lipinski definition) is 1. The van der Waals surface area contributed by atoms with Gasteiger partial charge in [-0.2, -0.15) is 0 Å². The second kappa shape index (κ2) is 9.45. The predicted molar refractivity (Wildman–Crippen MR) is 104 cm³/mol. The van der Waals surface area contributed by atoms with Gasteiger partial charge in [-0.15, -0.1) is 0 Å². The van der Waals surface area contributed by atoms with E-state index in [9.17, 15) is 18.8 Å². The zero-order valence-corrected chi connectivity index (χ0v) is 16.7. The average molecular weight is 437 g/mol. The van der Waals surface area contributed by atoms with Crippen LogP contribution in [0.25, 0.3) is 0 Å². The van der Waals surface area contributed by atoms with Crippen LogP contribution in [0.2, 0.25) is 5.02 Å². The minimum Gasteiger partial charge on any atom is -0.454 e. The Morgan fingerprint density at radius 2 is 1.97 bits per heavy atom. The lowest BCUT2D eigenvalue weighted by molar-refractivity contribution is -0.150. The van der Waals surface area contributed by atoms with Crippen molar-refractivity contribution >= 4 is 29.4 Å². The predicted octanol–water partition coefficient (Wildman–Crippen LogP) is 2.14. The Balaban J connectivity index is 1.43. The van der Waals surface area contributed by atoms with E-state index in [0.717, 1.165) is 0 Å². The van der Waals surface area contributed by atoms with Crippen molar-refractivity contribution in [1.29, 1.82) is 0 Å². The van der Waals surface area contributed by atoms with Crippen molar-refractivity contribution in [3.05, 3.63) is 58.4 Å². The average Bonchev–Trinajstić information content (AvgIpc) is 3.20. The van der Waals surface area contributed by atoms with Crippen LogP contribution in [-0.2, 0) is 20.9 Å². The van der Waals surface area contributed by atoms with Crippen molar-refractivity contribution < 1.29 is 33.0 Å². The van der Waals surface area contributed by atoms with Crippen LogP contribution in [0.4, 0.5) is 4.39 Å². The van der Waals surface area contributed by atoms with Gasteiger partial charge >= 0.3 is 5.97 Å². The molecule has 8 nitrogen and oxygen atoms in total. The van der Waals surface area contributed by atoms with Crippen molar-refractivity contribution in [1.82, 2.24) is 10.2 Å². The monoisotopic (exact) mass is 436 g/mol. The summed E-state index contributed by atoms with van der Waals surface area (Å²) >= 11 is 5.94. The highest BCUT2D eigenvalue weighted by Gasteiger charge is 2.18. The molecule has 30 heavy (non-hydrogen) atoms. The Morgan fingerprint density at radius 1 is 1.20 bits per heavy atom. The first-order valence-electron chi connectivity index (χ1n) is 8.85. The molecule has 0 bridgehead atoms. The van der Waals surface area contributed by atoms with Crippen molar-refractivity contribution in [2.75, 3.05) is 27.0 Å². The van der Waals surface area contributed by atoms with Gasteiger partial charge in [0.05, 0.1) is 0 Å². The number of esters is 1. The molecule has 0 atom stereocenters. The SMILES string of the molecule is CN(Cc1c(F)cccc1Cl)C(=O)COC(=O)CNC(=O)c1ccc2c(c1)OCO2. The smallest absolute Gasteiger partial charge is 0.325 e. The van der Waals surface area contributed by atoms with Gasteiger partial charge in [0.25, 0.3) is 11.8 Å². The van der Waals surface area contributed by atoms with E-state index in [1.54, 1.807) is 6.07 Å². The number of halogens is 2. The van der Waals surface area contributed by atoms with Crippen LogP contribution in [-0.4, -0.2) is 49.7 Å². The van der Waals surface area contributed by atoms with E-state index in [1.165, 1.54) is 42.3 Å². The van der Waals surface area contributed by atoms with Gasteiger partial charge in [0.15, 0.2) is 18.1 Å². The molecule has 2 amide bonds. The van der Waals surface area contributed by atoms with Crippen molar-refractivity contribution in [3.8, 4) is 11.5 Å². The van der Waals surface area contributed by atoms with Gasteiger partial charge in [-0.05, 0) is 30.3 Å². The van der Waals surface area contributed by atoms with E-state index in [0.29, 0.717) is 11.5 Å². The Kier molecular flexibility index (Phi) is 6.73. The number of hydrogen-bond acceptors (Lipinski definition) is 6. The normalized spacial score (nSPS) is 11.7. The molecule has 0 aromatic heterocycles. The topological polar surface area (TPSA) is 94.2 Å². The van der Waals surface area contributed by atoms with Crippen LogP contribution in [0, 0.1) is 5.82 Å². The van der Waals surface area contributed by atoms with Crippen molar-refractivity contribution in [3.63, 3.8) is 0 Å². The first kappa shape index (κ1) is 21.4. The van der Waals surface area contributed by atoms with Gasteiger partial charge in [0, 0.05) is 29.7 Å². The summed E-state index contributed by atoms with van der Waals surface area (Å²) in [5, 5.41) is 2.59. The summed E-state index contributed by atoms with van der Waals surface area (Å²) in [5.41, 5.74) is 0.446. The lowest BCUT2D eigenvalue weighted by Crippen LogP contribution is -2.34. The highest BCUT2D eigenvalue weighted by molar-refractivity contribution is 6.31. The Bertz CT molecular complexity index is 964. The van der Waals surface area contributed by atoms with Crippen molar-refractivity contribution in [2.24, 2.45) is 0 Å². The van der Waals surface area contributed by atoms with Crippen LogP contribution in [0.3, 0.4) is 0 Å². The summed E-state index contributed by atoms with van der Waals surface area (Å²) in [5.74, 6) is -1.42. The summed E-state index contributed by atoms with van der Waals surface area (Å²) < 4.78 is 29.0. The number of likely N-dealkylation sites (N-methyl/N-ethyl adjacent to an activating group) is 1. The zero-order valence-electron chi connectivity index (χ0n) is 15.9. The number of benzene rings is 2. The number of ether oxygens (including phenoxy) is 3. The molecule has 1 aliphatic rings. The molecule has 1 N–H and O–H groups in total. The summed E-state index contributed by atoms with van der Waals surface area (Å²) in [7, 11) is 1.43. The van der Waals surface area contributed by atoms with Gasteiger partial charge in [-0.1, -0.05) is 17.7 Å². The van der Waals surface area contributed by atoms with Gasteiger partial charge < -0.3 is 24.4 Å². The summed E-state index contributed by atoms with van der Waals surface area (Å²) in [6.07, 6.45) is 0. The third kappa shape index (κ3) is 5.18. The summed E-state index contributed by atoms with van der Waals surface area (Å²) in [4.78, 5) is 37.2. The van der Waals surface area contributed by atoms with Crippen LogP contribution in [0.15, 0.2) is 36.4 Å². The fraction of sp³-hybridized carbons (Fsp3) is 0.250. The van der Waals surface area contributed by atoms with Crippen LogP contribution >= 0.6 is 11.6 Å². The van der Waals surface area contributed by atoms with Gasteiger partial charge in [0.1, 0.15) is 12.4 Å². The molecule has 0 saturated carbocycles. The number of nitrogens with one attached hydrogen (secondary N) is 1. The molecule has 10 heteroatoms. The molecule has 1 heterocycles. The van der Waals surface area contributed by atoms with Crippen molar-refractivity contribution in [2.45, 2.75) is 6.54 Å². The number of carbonyl (C=O) groups is 3. The molecule has 1 aliphatic heterocycles. The third-order valence-electron chi connectivity index (χ3n) is 4.27. The highest BCUT2D eigenvalue weighted by Crippen LogP contribution is 2.32. The van der Waals surface area contributed by atoms with E-state index < -0.39 is 36.8 Å². The molecule has 0 saturated heterocycles. The Labute approximate surface area is 176 Å². The largest absolute Gasteiger partial charge is 0.454 e. The van der Waals surface area contributed by atoms with Crippen LogP contribution in [0.5, 0.6) is 11.5 Å². The first-order chi connectivity index (χ1) is 14.3. The first-order valence-corrected chi connectivity index (χ1v) is 9.23.